The maximum Gasteiger partial charge on any atom is 0.393 e. The molecule has 4 heterocycles. The monoisotopic (exact) mass is 410 g/mol. The highest BCUT2D eigenvalue weighted by Crippen LogP contribution is 2.35. The largest absolute Gasteiger partial charge is 0.393 e. The molecular formula is C18H21F3N6S. The summed E-state index contributed by atoms with van der Waals surface area (Å²) in [7, 11) is 0. The zero-order valence-corrected chi connectivity index (χ0v) is 16.0. The van der Waals surface area contributed by atoms with E-state index in [0.717, 1.165) is 19.5 Å². The summed E-state index contributed by atoms with van der Waals surface area (Å²) < 4.78 is 39.3. The molecular weight excluding hydrogens is 389 g/mol. The first-order chi connectivity index (χ1) is 13.5. The number of rotatable bonds is 3. The van der Waals surface area contributed by atoms with Gasteiger partial charge in [0.25, 0.3) is 0 Å². The van der Waals surface area contributed by atoms with E-state index >= 15 is 0 Å². The molecule has 0 aliphatic carbocycles. The highest BCUT2D eigenvalue weighted by molar-refractivity contribution is 7.14. The summed E-state index contributed by atoms with van der Waals surface area (Å²) in [6.07, 6.45) is -2.47. The number of aromatic nitrogens is 2. The molecule has 2 aromatic heterocycles. The molecule has 2 aliphatic rings. The third kappa shape index (κ3) is 4.37. The van der Waals surface area contributed by atoms with Crippen molar-refractivity contribution >= 4 is 28.2 Å². The number of piperidine rings is 1. The fourth-order valence-corrected chi connectivity index (χ4v) is 4.06. The van der Waals surface area contributed by atoms with E-state index in [4.69, 9.17) is 0 Å². The Balaban J connectivity index is 1.49. The van der Waals surface area contributed by atoms with Gasteiger partial charge < -0.3 is 15.5 Å². The quantitative estimate of drug-likeness (QED) is 0.807. The number of nitrogens with one attached hydrogen (secondary N) is 2. The van der Waals surface area contributed by atoms with E-state index in [1.54, 1.807) is 11.0 Å². The molecule has 10 heteroatoms. The summed E-state index contributed by atoms with van der Waals surface area (Å²) in [6, 6.07) is 5.40. The maximum absolute atomic E-state index is 13.1. The predicted octanol–water partition coefficient (Wildman–Crippen LogP) is 3.75. The van der Waals surface area contributed by atoms with Crippen molar-refractivity contribution in [1.29, 1.82) is 0 Å². The van der Waals surface area contributed by atoms with Crippen LogP contribution in [0.3, 0.4) is 0 Å². The molecule has 0 aromatic carbocycles. The van der Waals surface area contributed by atoms with Gasteiger partial charge in [-0.15, -0.1) is 11.3 Å². The minimum absolute atomic E-state index is 0.0463. The van der Waals surface area contributed by atoms with Gasteiger partial charge >= 0.3 is 6.18 Å². The molecule has 2 N–H and O–H groups in total. The van der Waals surface area contributed by atoms with Crippen LogP contribution >= 0.6 is 11.3 Å². The van der Waals surface area contributed by atoms with Crippen molar-refractivity contribution in [1.82, 2.24) is 15.3 Å². The van der Waals surface area contributed by atoms with Crippen molar-refractivity contribution < 1.29 is 13.2 Å². The van der Waals surface area contributed by atoms with Crippen molar-refractivity contribution in [3.63, 3.8) is 0 Å². The summed E-state index contributed by atoms with van der Waals surface area (Å²) >= 11 is 1.44. The first kappa shape index (κ1) is 19.0. The number of thiazole rings is 1. The van der Waals surface area contributed by atoms with Crippen LogP contribution in [0.5, 0.6) is 0 Å². The zero-order valence-electron chi connectivity index (χ0n) is 15.2. The van der Waals surface area contributed by atoms with E-state index in [2.05, 4.69) is 25.6 Å². The van der Waals surface area contributed by atoms with Crippen molar-refractivity contribution in [2.45, 2.75) is 25.4 Å². The third-order valence-electron chi connectivity index (χ3n) is 4.83. The van der Waals surface area contributed by atoms with Crippen molar-refractivity contribution in [3.05, 3.63) is 23.6 Å². The van der Waals surface area contributed by atoms with Crippen LogP contribution in [-0.4, -0.2) is 48.3 Å². The molecule has 0 radical (unpaired) electrons. The summed E-state index contributed by atoms with van der Waals surface area (Å²) in [5.41, 5.74) is 1.34. The number of hydrogen-bond donors (Lipinski definition) is 2. The first-order valence-electron chi connectivity index (χ1n) is 9.29. The summed E-state index contributed by atoms with van der Waals surface area (Å²) in [6.45, 7) is 2.20. The number of pyridine rings is 1. The fourth-order valence-electron chi connectivity index (χ4n) is 3.36. The SMILES string of the molecule is FC(F)(F)C1CCCN(c2cccc(-c3csc(NC4=NCCCN4)n3)n2)C1. The van der Waals surface area contributed by atoms with Crippen LogP contribution in [-0.2, 0) is 0 Å². The van der Waals surface area contributed by atoms with Crippen molar-refractivity contribution in [2.24, 2.45) is 10.9 Å². The van der Waals surface area contributed by atoms with Crippen LogP contribution in [0.25, 0.3) is 11.4 Å². The molecule has 150 valence electrons. The van der Waals surface area contributed by atoms with E-state index in [9.17, 15) is 13.2 Å². The molecule has 0 saturated carbocycles. The van der Waals surface area contributed by atoms with Crippen LogP contribution in [0.2, 0.25) is 0 Å². The Morgan fingerprint density at radius 1 is 1.18 bits per heavy atom. The Kier molecular flexibility index (Phi) is 5.38. The summed E-state index contributed by atoms with van der Waals surface area (Å²) in [4.78, 5) is 15.2. The van der Waals surface area contributed by atoms with E-state index in [1.807, 2.05) is 17.5 Å². The van der Waals surface area contributed by atoms with E-state index in [1.165, 1.54) is 11.3 Å². The van der Waals surface area contributed by atoms with Gasteiger partial charge in [-0.2, -0.15) is 13.2 Å². The van der Waals surface area contributed by atoms with Gasteiger partial charge in [-0.3, -0.25) is 4.99 Å². The van der Waals surface area contributed by atoms with E-state index in [-0.39, 0.29) is 13.0 Å². The highest BCUT2D eigenvalue weighted by Gasteiger charge is 2.42. The second-order valence-corrected chi connectivity index (χ2v) is 7.74. The molecule has 4 rings (SSSR count). The minimum atomic E-state index is -4.17. The zero-order chi connectivity index (χ0) is 19.6. The maximum atomic E-state index is 13.1. The van der Waals surface area contributed by atoms with Gasteiger partial charge in [0.2, 0.25) is 0 Å². The van der Waals surface area contributed by atoms with Gasteiger partial charge in [0, 0.05) is 31.6 Å². The Hall–Kier alpha value is -2.36. The summed E-state index contributed by atoms with van der Waals surface area (Å²) in [5, 5.41) is 8.91. The lowest BCUT2D eigenvalue weighted by Gasteiger charge is -2.34. The molecule has 6 nitrogen and oxygen atoms in total. The standard InChI is InChI=1S/C18H21F3N6S/c19-18(20,21)12-4-2-9-27(10-12)15-6-1-5-13(24-15)14-11-28-17(25-14)26-16-22-7-3-8-23-16/h1,5-6,11-12H,2-4,7-10H2,(H2,22,23,25,26). The molecule has 1 saturated heterocycles. The first-order valence-corrected chi connectivity index (χ1v) is 10.2. The summed E-state index contributed by atoms with van der Waals surface area (Å²) in [5.74, 6) is -0.0294. The number of nitrogens with zero attached hydrogens (tertiary/aromatic N) is 4. The highest BCUT2D eigenvalue weighted by atomic mass is 32.1. The molecule has 0 bridgehead atoms. The molecule has 0 amide bonds. The molecule has 1 fully saturated rings. The van der Waals surface area contributed by atoms with Crippen LogP contribution in [0.15, 0.2) is 28.6 Å². The number of aliphatic imine (C=N–C) groups is 1. The van der Waals surface area contributed by atoms with Gasteiger partial charge in [0.05, 0.1) is 11.6 Å². The average molecular weight is 410 g/mol. The van der Waals surface area contributed by atoms with E-state index in [0.29, 0.717) is 41.3 Å². The Morgan fingerprint density at radius 3 is 2.86 bits per heavy atom. The average Bonchev–Trinajstić information content (AvgIpc) is 3.17. The molecule has 2 aromatic rings. The van der Waals surface area contributed by atoms with Gasteiger partial charge in [-0.05, 0) is 31.4 Å². The van der Waals surface area contributed by atoms with Crippen LogP contribution < -0.4 is 15.5 Å². The minimum Gasteiger partial charge on any atom is -0.356 e. The number of halogens is 3. The van der Waals surface area contributed by atoms with Crippen molar-refractivity contribution in [3.8, 4) is 11.4 Å². The predicted molar refractivity (Wildman–Crippen MR) is 105 cm³/mol. The molecule has 2 aliphatic heterocycles. The smallest absolute Gasteiger partial charge is 0.356 e. The lowest BCUT2D eigenvalue weighted by Crippen LogP contribution is -2.42. The number of hydrogen-bond acceptors (Lipinski definition) is 7. The lowest BCUT2D eigenvalue weighted by molar-refractivity contribution is -0.176. The topological polar surface area (TPSA) is 65.4 Å². The van der Waals surface area contributed by atoms with Crippen LogP contribution in [0.4, 0.5) is 24.1 Å². The number of guanidine groups is 1. The lowest BCUT2D eigenvalue weighted by atomic mass is 9.97. The second kappa shape index (κ2) is 7.94. The number of alkyl halides is 3. The van der Waals surface area contributed by atoms with Gasteiger partial charge in [0.15, 0.2) is 11.1 Å². The molecule has 28 heavy (non-hydrogen) atoms. The Bertz CT molecular complexity index is 850. The molecule has 1 atom stereocenters. The number of anilines is 2. The second-order valence-electron chi connectivity index (χ2n) is 6.88. The Morgan fingerprint density at radius 2 is 2.07 bits per heavy atom. The van der Waals surface area contributed by atoms with Gasteiger partial charge in [0.1, 0.15) is 11.5 Å². The van der Waals surface area contributed by atoms with E-state index < -0.39 is 12.1 Å². The van der Waals surface area contributed by atoms with Crippen LogP contribution in [0.1, 0.15) is 19.3 Å². The van der Waals surface area contributed by atoms with Gasteiger partial charge in [-0.25, -0.2) is 9.97 Å². The third-order valence-corrected chi connectivity index (χ3v) is 5.59. The van der Waals surface area contributed by atoms with Crippen molar-refractivity contribution in [2.75, 3.05) is 36.4 Å². The fraction of sp³-hybridized carbons (Fsp3) is 0.500. The van der Waals surface area contributed by atoms with Gasteiger partial charge in [-0.1, -0.05) is 6.07 Å². The normalized spacial score (nSPS) is 20.5. The Labute approximate surface area is 164 Å². The molecule has 0 spiro atoms. The van der Waals surface area contributed by atoms with Crippen LogP contribution in [0, 0.1) is 5.92 Å². The molecule has 1 unspecified atom stereocenters.